The SMILES string of the molecule is CSc1nc(Sc2n[nH]c(-c3cc(C)cc(C)c3)n2)cc(Sc2n[nH]c(-c3cc(C(F)(F)F)cc(C(F)(F)F)c3)n2)n1.CSc1nc(Sc2n[nH]c(-c3cc(Cl)cc(Cl)c3)n2)cc(Sc2n[nH]c(-c3cc(Cl)cc(Cl)c3)n2)n1. The summed E-state index contributed by atoms with van der Waals surface area (Å²) in [4.78, 5) is 35.7. The Morgan fingerprint density at radius 1 is 0.346 bits per heavy atom. The number of aromatic amines is 4. The lowest BCUT2D eigenvalue weighted by molar-refractivity contribution is -0.143. The molecule has 4 N–H and O–H groups in total. The van der Waals surface area contributed by atoms with Crippen molar-refractivity contribution >= 4 is 117 Å². The summed E-state index contributed by atoms with van der Waals surface area (Å²) in [6, 6.07) is 21.1. The largest absolute Gasteiger partial charge is 0.416 e. The smallest absolute Gasteiger partial charge is 0.258 e. The number of hydrogen-bond acceptors (Lipinski definition) is 18. The van der Waals surface area contributed by atoms with Crippen molar-refractivity contribution in [1.29, 1.82) is 0 Å². The summed E-state index contributed by atoms with van der Waals surface area (Å²) in [6.45, 7) is 3.98. The molecule has 4 aromatic carbocycles. The van der Waals surface area contributed by atoms with Crippen molar-refractivity contribution in [3.63, 3.8) is 0 Å². The number of benzene rings is 4. The summed E-state index contributed by atoms with van der Waals surface area (Å²) in [5.41, 5.74) is 1.21. The second kappa shape index (κ2) is 24.4. The number of H-pyrrole nitrogens is 4. The van der Waals surface area contributed by atoms with Crippen molar-refractivity contribution in [3.05, 3.63) is 127 Å². The Kier molecular flexibility index (Phi) is 17.9. The third kappa shape index (κ3) is 15.0. The summed E-state index contributed by atoms with van der Waals surface area (Å²) < 4.78 is 79.7. The molecule has 400 valence electrons. The third-order valence-corrected chi connectivity index (χ3v) is 15.1. The van der Waals surface area contributed by atoms with Crippen molar-refractivity contribution in [2.75, 3.05) is 12.5 Å². The lowest BCUT2D eigenvalue weighted by Crippen LogP contribution is -2.11. The Morgan fingerprint density at radius 3 is 0.910 bits per heavy atom. The molecule has 16 nitrogen and oxygen atoms in total. The van der Waals surface area contributed by atoms with E-state index < -0.39 is 29.0 Å². The highest BCUT2D eigenvalue weighted by molar-refractivity contribution is 8.00. The summed E-state index contributed by atoms with van der Waals surface area (Å²) in [7, 11) is 0. The molecule has 0 saturated carbocycles. The average molecular weight is 1260 g/mol. The summed E-state index contributed by atoms with van der Waals surface area (Å²) >= 11 is 31.9. The summed E-state index contributed by atoms with van der Waals surface area (Å²) in [5.74, 6) is 1.42. The molecule has 0 spiro atoms. The predicted octanol–water partition coefficient (Wildman–Crippen LogP) is 15.4. The van der Waals surface area contributed by atoms with Crippen LogP contribution in [0.5, 0.6) is 0 Å². The van der Waals surface area contributed by atoms with E-state index >= 15 is 0 Å². The molecular formula is C46H30Cl4F6N16S6. The zero-order chi connectivity index (χ0) is 55.5. The van der Waals surface area contributed by atoms with Gasteiger partial charge < -0.3 is 0 Å². The van der Waals surface area contributed by atoms with Gasteiger partial charge in [0.05, 0.1) is 11.1 Å². The van der Waals surface area contributed by atoms with Crippen molar-refractivity contribution in [3.8, 4) is 45.6 Å². The van der Waals surface area contributed by atoms with Crippen LogP contribution < -0.4 is 0 Å². The molecule has 10 aromatic rings. The lowest BCUT2D eigenvalue weighted by Gasteiger charge is -2.13. The molecule has 0 saturated heterocycles. The van der Waals surface area contributed by atoms with Crippen LogP contribution in [0.3, 0.4) is 0 Å². The van der Waals surface area contributed by atoms with Crippen LogP contribution in [0.4, 0.5) is 26.3 Å². The van der Waals surface area contributed by atoms with Crippen LogP contribution in [0.15, 0.2) is 136 Å². The van der Waals surface area contributed by atoms with Gasteiger partial charge in [-0.15, -0.1) is 20.4 Å². The molecule has 0 aliphatic carbocycles. The quantitative estimate of drug-likeness (QED) is 0.0344. The molecule has 0 aliphatic rings. The molecular weight excluding hydrogens is 1220 g/mol. The van der Waals surface area contributed by atoms with E-state index in [1.807, 2.05) is 38.3 Å². The molecule has 0 unspecified atom stereocenters. The number of aryl methyl sites for hydroxylation is 2. The number of nitrogens with zero attached hydrogens (tertiary/aromatic N) is 12. The van der Waals surface area contributed by atoms with Gasteiger partial charge in [-0.05, 0) is 140 Å². The molecule has 0 aliphatic heterocycles. The monoisotopic (exact) mass is 1250 g/mol. The fraction of sp³-hybridized carbons (Fsp3) is 0.130. The van der Waals surface area contributed by atoms with Gasteiger partial charge in [0.15, 0.2) is 33.6 Å². The normalized spacial score (nSPS) is 11.8. The van der Waals surface area contributed by atoms with Gasteiger partial charge in [-0.3, -0.25) is 20.4 Å². The summed E-state index contributed by atoms with van der Waals surface area (Å²) in [5, 5.41) is 34.7. The predicted molar refractivity (Wildman–Crippen MR) is 291 cm³/mol. The van der Waals surface area contributed by atoms with E-state index in [0.29, 0.717) is 95.6 Å². The van der Waals surface area contributed by atoms with Gasteiger partial charge in [-0.2, -0.15) is 26.3 Å². The molecule has 0 radical (unpaired) electrons. The second-order valence-electron chi connectivity index (χ2n) is 15.8. The van der Waals surface area contributed by atoms with E-state index in [2.05, 4.69) is 86.7 Å². The van der Waals surface area contributed by atoms with E-state index in [9.17, 15) is 26.3 Å². The second-order valence-corrected chi connectivity index (χ2v) is 23.1. The first kappa shape index (κ1) is 57.1. The zero-order valence-corrected chi connectivity index (χ0v) is 47.6. The van der Waals surface area contributed by atoms with Gasteiger partial charge in [-0.25, -0.2) is 39.9 Å². The Morgan fingerprint density at radius 2 is 0.628 bits per heavy atom. The first-order valence-corrected chi connectivity index (χ1v) is 28.9. The number of thioether (sulfide) groups is 2. The standard InChI is InChI=1S/C25H18F6N8S3.C21H12Cl4N8S3/c1-11-4-12(2)6-13(5-11)19-34-22(38-36-19)41-17-10-18(33-21(32-17)40-3)42-23-35-20(37-39-23)14-7-15(24(26,27)28)9-16(8-14)25(29,30)31;1-34-19-26-15(35-20-28-17(30-32-20)9-2-11(22)6-12(23)3-9)8-16(27-19)36-21-29-18(31-33-21)10-4-13(24)7-14(25)5-10/h4-10H,1-3H3,(H,34,36,38)(H,35,37,39);2-8H,1H3,(H,28,30,32)(H,29,31,33). The molecule has 78 heavy (non-hydrogen) atoms. The molecule has 6 aromatic heterocycles. The molecule has 0 bridgehead atoms. The van der Waals surface area contributed by atoms with Gasteiger partial charge in [-0.1, -0.05) is 87.1 Å². The number of rotatable bonds is 14. The molecule has 32 heteroatoms. The minimum atomic E-state index is -4.99. The maximum absolute atomic E-state index is 13.3. The number of alkyl halides is 6. The molecule has 0 atom stereocenters. The highest BCUT2D eigenvalue weighted by Gasteiger charge is 2.37. The summed E-state index contributed by atoms with van der Waals surface area (Å²) in [6.07, 6.45) is -6.29. The Hall–Kier alpha value is -5.56. The van der Waals surface area contributed by atoms with Gasteiger partial charge in [0, 0.05) is 54.5 Å². The van der Waals surface area contributed by atoms with Crippen LogP contribution in [-0.2, 0) is 12.4 Å². The van der Waals surface area contributed by atoms with E-state index in [1.54, 1.807) is 48.7 Å². The Labute approximate surface area is 482 Å². The van der Waals surface area contributed by atoms with Crippen LogP contribution >= 0.6 is 117 Å². The number of halogens is 10. The molecule has 10 rings (SSSR count). The van der Waals surface area contributed by atoms with Crippen molar-refractivity contribution in [1.82, 2.24) is 80.7 Å². The van der Waals surface area contributed by atoms with Crippen LogP contribution in [0.1, 0.15) is 22.3 Å². The number of hydrogen-bond donors (Lipinski definition) is 4. The van der Waals surface area contributed by atoms with Gasteiger partial charge in [0.1, 0.15) is 20.1 Å². The fourth-order valence-electron chi connectivity index (χ4n) is 6.80. The van der Waals surface area contributed by atoms with Crippen molar-refractivity contribution < 1.29 is 26.3 Å². The molecule has 6 heterocycles. The number of nitrogens with one attached hydrogen (secondary N) is 4. The minimum absolute atomic E-state index is 0.0349. The highest BCUT2D eigenvalue weighted by atomic mass is 35.5. The van der Waals surface area contributed by atoms with Crippen molar-refractivity contribution in [2.45, 2.75) is 77.2 Å². The zero-order valence-electron chi connectivity index (χ0n) is 39.7. The van der Waals surface area contributed by atoms with Crippen LogP contribution in [0, 0.1) is 13.8 Å². The lowest BCUT2D eigenvalue weighted by atomic mass is 10.0. The average Bonchev–Trinajstić information content (AvgIpc) is 4.23. The fourth-order valence-corrected chi connectivity index (χ4v) is 11.9. The topological polar surface area (TPSA) is 218 Å². The minimum Gasteiger partial charge on any atom is -0.258 e. The molecule has 0 fully saturated rings. The third-order valence-electron chi connectivity index (χ3n) is 9.95. The van der Waals surface area contributed by atoms with Crippen LogP contribution in [0.25, 0.3) is 45.6 Å². The van der Waals surface area contributed by atoms with E-state index in [0.717, 1.165) is 39.6 Å². The Balaban J connectivity index is 0.000000192. The van der Waals surface area contributed by atoms with Crippen LogP contribution in [0.2, 0.25) is 20.1 Å². The first-order chi connectivity index (χ1) is 37.1. The van der Waals surface area contributed by atoms with Gasteiger partial charge >= 0.3 is 12.4 Å². The highest BCUT2D eigenvalue weighted by Crippen LogP contribution is 2.40. The van der Waals surface area contributed by atoms with Crippen molar-refractivity contribution in [2.24, 2.45) is 0 Å². The molecule has 0 amide bonds. The van der Waals surface area contributed by atoms with Crippen LogP contribution in [-0.4, -0.2) is 93.2 Å². The number of aromatic nitrogens is 16. The maximum Gasteiger partial charge on any atom is 0.416 e. The Bertz CT molecular complexity index is 3600. The maximum atomic E-state index is 13.3. The first-order valence-electron chi connectivity index (χ1n) is 21.7. The van der Waals surface area contributed by atoms with E-state index in [-0.39, 0.29) is 17.0 Å². The van der Waals surface area contributed by atoms with Gasteiger partial charge in [0.2, 0.25) is 20.6 Å². The van der Waals surface area contributed by atoms with Gasteiger partial charge in [0.25, 0.3) is 0 Å². The van der Waals surface area contributed by atoms with E-state index in [1.165, 1.54) is 58.8 Å². The van der Waals surface area contributed by atoms with E-state index in [4.69, 9.17) is 46.4 Å².